The maximum Gasteiger partial charge on any atom is 0.265 e. The number of nitrogens with zero attached hydrogens (tertiary/aromatic N) is 2. The molecule has 0 fully saturated rings. The number of thiophene rings is 1. The summed E-state index contributed by atoms with van der Waals surface area (Å²) in [5.74, 6) is 0.597. The number of nitrogens with one attached hydrogen (secondary N) is 1. The Morgan fingerprint density at radius 2 is 1.88 bits per heavy atom. The number of aryl methyl sites for hydroxylation is 1. The van der Waals surface area contributed by atoms with Crippen LogP contribution in [0.4, 0.5) is 5.69 Å². The first kappa shape index (κ1) is 17.1. The van der Waals surface area contributed by atoms with Crippen LogP contribution in [0.2, 0.25) is 10.0 Å². The quantitative estimate of drug-likeness (QED) is 0.467. The van der Waals surface area contributed by atoms with Gasteiger partial charge in [-0.1, -0.05) is 41.4 Å². The first-order chi connectivity index (χ1) is 12.5. The van der Waals surface area contributed by atoms with Gasteiger partial charge in [-0.05, 0) is 36.4 Å². The highest BCUT2D eigenvalue weighted by Gasteiger charge is 2.16. The predicted octanol–water partition coefficient (Wildman–Crippen LogP) is 5.86. The van der Waals surface area contributed by atoms with Crippen LogP contribution in [0.15, 0.2) is 54.6 Å². The van der Waals surface area contributed by atoms with E-state index in [0.29, 0.717) is 20.6 Å². The van der Waals surface area contributed by atoms with Crippen molar-refractivity contribution in [2.75, 3.05) is 5.32 Å². The molecule has 2 aromatic heterocycles. The van der Waals surface area contributed by atoms with E-state index in [1.807, 2.05) is 41.9 Å². The smallest absolute Gasteiger partial charge is 0.265 e. The monoisotopic (exact) mass is 401 g/mol. The molecule has 0 unspecified atom stereocenters. The van der Waals surface area contributed by atoms with Crippen molar-refractivity contribution in [3.05, 3.63) is 69.5 Å². The number of amides is 1. The molecule has 130 valence electrons. The minimum atomic E-state index is -0.232. The van der Waals surface area contributed by atoms with E-state index in [0.717, 1.165) is 21.7 Å². The van der Waals surface area contributed by atoms with Crippen LogP contribution in [0.5, 0.6) is 0 Å². The molecular weight excluding hydrogens is 389 g/mol. The summed E-state index contributed by atoms with van der Waals surface area (Å²) in [5, 5.41) is 3.53. The second-order valence-corrected chi connectivity index (χ2v) is 7.57. The molecule has 4 rings (SSSR count). The first-order valence-electron chi connectivity index (χ1n) is 7.81. The summed E-state index contributed by atoms with van der Waals surface area (Å²) in [5.41, 5.74) is 2.46. The van der Waals surface area contributed by atoms with Crippen LogP contribution in [0, 0.1) is 0 Å². The summed E-state index contributed by atoms with van der Waals surface area (Å²) >= 11 is 13.5. The zero-order valence-corrected chi connectivity index (χ0v) is 16.0. The van der Waals surface area contributed by atoms with Gasteiger partial charge in [-0.3, -0.25) is 4.79 Å². The molecule has 4 aromatic rings. The van der Waals surface area contributed by atoms with Gasteiger partial charge in [-0.25, -0.2) is 4.98 Å². The Morgan fingerprint density at radius 1 is 1.08 bits per heavy atom. The van der Waals surface area contributed by atoms with Gasteiger partial charge in [0.15, 0.2) is 5.82 Å². The van der Waals surface area contributed by atoms with Gasteiger partial charge < -0.3 is 9.88 Å². The molecule has 0 spiro atoms. The third kappa shape index (κ3) is 2.98. The fourth-order valence-electron chi connectivity index (χ4n) is 2.73. The molecule has 0 saturated heterocycles. The average molecular weight is 402 g/mol. The summed E-state index contributed by atoms with van der Waals surface area (Å²) in [6.45, 7) is 0. The molecule has 4 nitrogen and oxygen atoms in total. The van der Waals surface area contributed by atoms with E-state index in [1.165, 1.54) is 11.3 Å². The molecule has 1 amide bonds. The molecule has 7 heteroatoms. The normalized spacial score (nSPS) is 11.0. The maximum absolute atomic E-state index is 12.5. The van der Waals surface area contributed by atoms with Gasteiger partial charge in [0.25, 0.3) is 5.91 Å². The molecule has 0 aliphatic rings. The summed E-state index contributed by atoms with van der Waals surface area (Å²) in [6.07, 6.45) is 0. The molecule has 2 aromatic carbocycles. The number of anilines is 1. The van der Waals surface area contributed by atoms with E-state index in [-0.39, 0.29) is 5.91 Å². The number of hydrogen-bond acceptors (Lipinski definition) is 3. The van der Waals surface area contributed by atoms with Gasteiger partial charge in [0, 0.05) is 7.05 Å². The van der Waals surface area contributed by atoms with Crippen molar-refractivity contribution in [1.82, 2.24) is 9.55 Å². The Labute approximate surface area is 164 Å². The highest BCUT2D eigenvalue weighted by molar-refractivity contribution is 7.17. The van der Waals surface area contributed by atoms with Crippen molar-refractivity contribution in [2.24, 2.45) is 7.05 Å². The minimum Gasteiger partial charge on any atom is -0.326 e. The van der Waals surface area contributed by atoms with E-state index >= 15 is 0 Å². The topological polar surface area (TPSA) is 46.9 Å². The number of aromatic nitrogens is 2. The molecular formula is C19H13Cl2N3OS. The second-order valence-electron chi connectivity index (χ2n) is 5.70. The van der Waals surface area contributed by atoms with Crippen LogP contribution in [-0.4, -0.2) is 15.5 Å². The fraction of sp³-hybridized carbons (Fsp3) is 0.0526. The number of fused-ring (bicyclic) bond motifs is 1. The highest BCUT2D eigenvalue weighted by Crippen LogP contribution is 2.32. The van der Waals surface area contributed by atoms with Crippen LogP contribution in [0.25, 0.3) is 21.7 Å². The number of carbonyl (C=O) groups is 1. The van der Waals surface area contributed by atoms with Crippen LogP contribution >= 0.6 is 34.5 Å². The van der Waals surface area contributed by atoms with E-state index < -0.39 is 0 Å². The third-order valence-electron chi connectivity index (χ3n) is 4.04. The minimum absolute atomic E-state index is 0.232. The fourth-order valence-corrected chi connectivity index (χ4v) is 4.00. The van der Waals surface area contributed by atoms with Gasteiger partial charge in [0.1, 0.15) is 0 Å². The lowest BCUT2D eigenvalue weighted by molar-refractivity contribution is 0.103. The van der Waals surface area contributed by atoms with Crippen molar-refractivity contribution in [3.8, 4) is 10.7 Å². The van der Waals surface area contributed by atoms with Crippen LogP contribution in [0.3, 0.4) is 0 Å². The number of imidazole rings is 1. The van der Waals surface area contributed by atoms with Gasteiger partial charge in [0.05, 0.1) is 36.5 Å². The number of carbonyl (C=O) groups excluding carboxylic acids is 1. The molecule has 2 heterocycles. The van der Waals surface area contributed by atoms with Crippen molar-refractivity contribution in [1.29, 1.82) is 0 Å². The summed E-state index contributed by atoms with van der Waals surface area (Å²) in [4.78, 5) is 18.7. The highest BCUT2D eigenvalue weighted by atomic mass is 35.5. The lowest BCUT2D eigenvalue weighted by atomic mass is 10.3. The largest absolute Gasteiger partial charge is 0.326 e. The van der Waals surface area contributed by atoms with Gasteiger partial charge in [0.2, 0.25) is 0 Å². The number of hydrogen-bond donors (Lipinski definition) is 1. The molecule has 1 N–H and O–H groups in total. The van der Waals surface area contributed by atoms with Crippen LogP contribution in [0.1, 0.15) is 9.67 Å². The summed E-state index contributed by atoms with van der Waals surface area (Å²) in [6, 6.07) is 16.8. The van der Waals surface area contributed by atoms with Crippen molar-refractivity contribution >= 4 is 57.2 Å². The molecule has 0 aliphatic heterocycles. The Bertz CT molecular complexity index is 1130. The van der Waals surface area contributed by atoms with Gasteiger partial charge >= 0.3 is 0 Å². The first-order valence-corrected chi connectivity index (χ1v) is 9.39. The van der Waals surface area contributed by atoms with Crippen molar-refractivity contribution in [2.45, 2.75) is 0 Å². The summed E-state index contributed by atoms with van der Waals surface area (Å²) in [7, 11) is 1.97. The lowest BCUT2D eigenvalue weighted by Gasteiger charge is -2.06. The third-order valence-corrected chi connectivity index (χ3v) is 5.94. The maximum atomic E-state index is 12.5. The SMILES string of the molecule is Cn1c(-c2ccc(C(=O)Nc3cccc(Cl)c3Cl)s2)nc2ccccc21. The Hall–Kier alpha value is -2.34. The van der Waals surface area contributed by atoms with E-state index in [9.17, 15) is 4.79 Å². The van der Waals surface area contributed by atoms with E-state index in [4.69, 9.17) is 23.2 Å². The molecule has 26 heavy (non-hydrogen) atoms. The Kier molecular flexibility index (Phi) is 4.44. The van der Waals surface area contributed by atoms with E-state index in [1.54, 1.807) is 24.3 Å². The van der Waals surface area contributed by atoms with Crippen LogP contribution in [-0.2, 0) is 7.05 Å². The zero-order valence-electron chi connectivity index (χ0n) is 13.7. The van der Waals surface area contributed by atoms with Gasteiger partial charge in [-0.15, -0.1) is 11.3 Å². The second kappa shape index (κ2) is 6.76. The number of rotatable bonds is 3. The molecule has 0 radical (unpaired) electrons. The molecule has 0 bridgehead atoms. The molecule has 0 atom stereocenters. The molecule has 0 aliphatic carbocycles. The zero-order chi connectivity index (χ0) is 18.3. The van der Waals surface area contributed by atoms with Crippen molar-refractivity contribution < 1.29 is 4.79 Å². The van der Waals surface area contributed by atoms with Gasteiger partial charge in [-0.2, -0.15) is 0 Å². The number of para-hydroxylation sites is 2. The predicted molar refractivity (Wildman–Crippen MR) is 108 cm³/mol. The Balaban J connectivity index is 1.64. The standard InChI is InChI=1S/C19H13Cl2N3OS/c1-24-14-8-3-2-6-12(14)22-18(24)15-9-10-16(26-15)19(25)23-13-7-4-5-11(20)17(13)21/h2-10H,1H3,(H,23,25). The Morgan fingerprint density at radius 3 is 2.69 bits per heavy atom. The molecule has 0 saturated carbocycles. The average Bonchev–Trinajstić information content (AvgIpc) is 3.24. The number of halogens is 2. The lowest BCUT2D eigenvalue weighted by Crippen LogP contribution is -2.10. The summed E-state index contributed by atoms with van der Waals surface area (Å²) < 4.78 is 2.02. The van der Waals surface area contributed by atoms with Crippen LogP contribution < -0.4 is 5.32 Å². The van der Waals surface area contributed by atoms with Crippen molar-refractivity contribution in [3.63, 3.8) is 0 Å². The van der Waals surface area contributed by atoms with E-state index in [2.05, 4.69) is 10.3 Å². The number of benzene rings is 2.